The minimum Gasteiger partial charge on any atom is -0.364 e. The maximum Gasteiger partial charge on any atom is 0.0652 e. The number of aromatic nitrogens is 2. The second kappa shape index (κ2) is 5.54. The largest absolute Gasteiger partial charge is 0.364 e. The minimum absolute atomic E-state index is 0.191. The summed E-state index contributed by atoms with van der Waals surface area (Å²) >= 11 is 6.01. The number of hydrogen-bond donors (Lipinski definition) is 2. The average Bonchev–Trinajstić information content (AvgIpc) is 3.06. The Balaban J connectivity index is 2.14. The Morgan fingerprint density at radius 2 is 1.58 bits per heavy atom. The van der Waals surface area contributed by atoms with E-state index in [-0.39, 0.29) is 5.92 Å². The summed E-state index contributed by atoms with van der Waals surface area (Å²) in [5.74, 6) is 0.191. The molecule has 19 heavy (non-hydrogen) atoms. The molecule has 2 nitrogen and oxygen atoms in total. The quantitative estimate of drug-likeness (QED) is 0.559. The second-order valence-corrected chi connectivity index (χ2v) is 6.45. The molecule has 0 saturated carbocycles. The first-order valence-corrected chi connectivity index (χ1v) is 7.84. The minimum atomic E-state index is 0.191. The molecule has 0 amide bonds. The Bertz CT molecular complexity index is 625. The third-order valence-corrected chi connectivity index (χ3v) is 4.50. The average molecular weight is 427 g/mol. The van der Waals surface area contributed by atoms with Crippen molar-refractivity contribution >= 4 is 38.5 Å². The van der Waals surface area contributed by atoms with Gasteiger partial charge in [-0.1, -0.05) is 22.0 Å². The van der Waals surface area contributed by atoms with Crippen LogP contribution >= 0.6 is 38.5 Å². The van der Waals surface area contributed by atoms with Crippen LogP contribution in [0.5, 0.6) is 0 Å². The van der Waals surface area contributed by atoms with Crippen molar-refractivity contribution in [3.05, 3.63) is 79.9 Å². The number of aromatic amines is 2. The van der Waals surface area contributed by atoms with E-state index in [0.29, 0.717) is 0 Å². The van der Waals surface area contributed by atoms with Crippen molar-refractivity contribution in [1.82, 2.24) is 9.97 Å². The number of nitrogens with one attached hydrogen (secondary N) is 2. The van der Waals surface area contributed by atoms with Gasteiger partial charge < -0.3 is 9.97 Å². The summed E-state index contributed by atoms with van der Waals surface area (Å²) in [6.07, 6.45) is 3.93. The summed E-state index contributed by atoms with van der Waals surface area (Å²) in [7, 11) is 0. The van der Waals surface area contributed by atoms with Gasteiger partial charge in [-0.05, 0) is 64.6 Å². The summed E-state index contributed by atoms with van der Waals surface area (Å²) in [4.78, 5) is 6.65. The van der Waals surface area contributed by atoms with Gasteiger partial charge in [0.25, 0.3) is 0 Å². The first kappa shape index (κ1) is 13.0. The molecule has 0 fully saturated rings. The zero-order chi connectivity index (χ0) is 13.2. The number of benzene rings is 1. The van der Waals surface area contributed by atoms with Crippen LogP contribution in [0.4, 0.5) is 0 Å². The number of rotatable bonds is 3. The summed E-state index contributed by atoms with van der Waals surface area (Å²) < 4.78 is 2.36. The molecule has 2 aromatic heterocycles. The molecule has 0 aliphatic carbocycles. The highest BCUT2D eigenvalue weighted by Crippen LogP contribution is 2.35. The molecule has 0 aliphatic rings. The van der Waals surface area contributed by atoms with E-state index in [0.717, 1.165) is 4.47 Å². The van der Waals surface area contributed by atoms with Gasteiger partial charge >= 0.3 is 0 Å². The third-order valence-electron chi connectivity index (χ3n) is 3.14. The zero-order valence-electron chi connectivity index (χ0n) is 10.0. The fourth-order valence-corrected chi connectivity index (χ4v) is 3.81. The van der Waals surface area contributed by atoms with E-state index in [1.807, 2.05) is 24.5 Å². The summed E-state index contributed by atoms with van der Waals surface area (Å²) in [5.41, 5.74) is 3.62. The smallest absolute Gasteiger partial charge is 0.0652 e. The Hall–Kier alpha value is -1.01. The van der Waals surface area contributed by atoms with Crippen molar-refractivity contribution in [3.8, 4) is 0 Å². The molecule has 96 valence electrons. The van der Waals surface area contributed by atoms with Gasteiger partial charge in [-0.15, -0.1) is 0 Å². The van der Waals surface area contributed by atoms with E-state index >= 15 is 0 Å². The van der Waals surface area contributed by atoms with E-state index in [2.05, 4.69) is 78.8 Å². The predicted octanol–water partition coefficient (Wildman–Crippen LogP) is 4.89. The first-order chi connectivity index (χ1) is 9.25. The van der Waals surface area contributed by atoms with Crippen LogP contribution in [0.15, 0.2) is 59.3 Å². The third kappa shape index (κ3) is 2.65. The van der Waals surface area contributed by atoms with Gasteiger partial charge in [-0.25, -0.2) is 0 Å². The molecule has 3 aromatic rings. The SMILES string of the molecule is Brc1cc(I)ccc1C(c1ccc[nH]1)c1ccc[nH]1. The first-order valence-electron chi connectivity index (χ1n) is 5.97. The molecule has 0 atom stereocenters. The number of H-pyrrole nitrogens is 2. The second-order valence-electron chi connectivity index (χ2n) is 4.35. The fraction of sp³-hybridized carbons (Fsp3) is 0.0667. The molecule has 0 radical (unpaired) electrons. The van der Waals surface area contributed by atoms with Gasteiger partial charge in [-0.2, -0.15) is 0 Å². The highest BCUT2D eigenvalue weighted by Gasteiger charge is 2.20. The van der Waals surface area contributed by atoms with E-state index in [4.69, 9.17) is 0 Å². The predicted molar refractivity (Wildman–Crippen MR) is 89.4 cm³/mol. The lowest BCUT2D eigenvalue weighted by Crippen LogP contribution is -2.05. The lowest BCUT2D eigenvalue weighted by molar-refractivity contribution is 0.892. The Morgan fingerprint density at radius 1 is 0.947 bits per heavy atom. The van der Waals surface area contributed by atoms with Crippen LogP contribution in [0.3, 0.4) is 0 Å². The molecule has 0 aliphatic heterocycles. The van der Waals surface area contributed by atoms with Crippen LogP contribution in [0, 0.1) is 3.57 Å². The van der Waals surface area contributed by atoms with Gasteiger partial charge in [0.1, 0.15) is 0 Å². The standard InChI is InChI=1S/C15H12BrIN2/c16-12-9-10(17)5-6-11(12)15(13-3-1-7-18-13)14-4-2-8-19-14/h1-9,15,18-19H. The van der Waals surface area contributed by atoms with E-state index < -0.39 is 0 Å². The van der Waals surface area contributed by atoms with E-state index in [9.17, 15) is 0 Å². The van der Waals surface area contributed by atoms with Crippen molar-refractivity contribution in [2.24, 2.45) is 0 Å². The van der Waals surface area contributed by atoms with Gasteiger partial charge in [0, 0.05) is 31.8 Å². The molecular formula is C15H12BrIN2. The van der Waals surface area contributed by atoms with E-state index in [1.165, 1.54) is 20.5 Å². The fourth-order valence-electron chi connectivity index (χ4n) is 2.29. The molecule has 3 rings (SSSR count). The zero-order valence-corrected chi connectivity index (χ0v) is 13.8. The van der Waals surface area contributed by atoms with Crippen LogP contribution in [0.1, 0.15) is 22.9 Å². The van der Waals surface area contributed by atoms with E-state index in [1.54, 1.807) is 0 Å². The maximum atomic E-state index is 3.69. The molecule has 0 bridgehead atoms. The van der Waals surface area contributed by atoms with Crippen LogP contribution < -0.4 is 0 Å². The van der Waals surface area contributed by atoms with Crippen LogP contribution in [0.2, 0.25) is 0 Å². The van der Waals surface area contributed by atoms with Crippen LogP contribution in [-0.4, -0.2) is 9.97 Å². The van der Waals surface area contributed by atoms with Crippen molar-refractivity contribution in [2.45, 2.75) is 5.92 Å². The van der Waals surface area contributed by atoms with Gasteiger partial charge in [0.05, 0.1) is 5.92 Å². The van der Waals surface area contributed by atoms with Gasteiger partial charge in [0.2, 0.25) is 0 Å². The van der Waals surface area contributed by atoms with Crippen molar-refractivity contribution in [3.63, 3.8) is 0 Å². The molecule has 2 heterocycles. The Morgan fingerprint density at radius 3 is 2.05 bits per heavy atom. The summed E-state index contributed by atoms with van der Waals surface area (Å²) in [6.45, 7) is 0. The summed E-state index contributed by atoms with van der Waals surface area (Å²) in [5, 5.41) is 0. The Labute approximate surface area is 133 Å². The Kier molecular flexibility index (Phi) is 3.79. The van der Waals surface area contributed by atoms with Crippen LogP contribution in [-0.2, 0) is 0 Å². The highest BCUT2D eigenvalue weighted by molar-refractivity contribution is 14.1. The van der Waals surface area contributed by atoms with Crippen molar-refractivity contribution in [1.29, 1.82) is 0 Å². The molecule has 4 heteroatoms. The molecular weight excluding hydrogens is 415 g/mol. The lowest BCUT2D eigenvalue weighted by Gasteiger charge is -2.17. The highest BCUT2D eigenvalue weighted by atomic mass is 127. The molecule has 2 N–H and O–H groups in total. The van der Waals surface area contributed by atoms with Gasteiger partial charge in [0.15, 0.2) is 0 Å². The number of halogens is 2. The van der Waals surface area contributed by atoms with Gasteiger partial charge in [-0.3, -0.25) is 0 Å². The normalized spacial score (nSPS) is 11.1. The topological polar surface area (TPSA) is 31.6 Å². The molecule has 0 unspecified atom stereocenters. The van der Waals surface area contributed by atoms with Crippen LogP contribution in [0.25, 0.3) is 0 Å². The molecule has 0 spiro atoms. The maximum absolute atomic E-state index is 3.69. The van der Waals surface area contributed by atoms with Crippen molar-refractivity contribution in [2.75, 3.05) is 0 Å². The lowest BCUT2D eigenvalue weighted by atomic mass is 9.93. The summed E-state index contributed by atoms with van der Waals surface area (Å²) in [6, 6.07) is 14.8. The monoisotopic (exact) mass is 426 g/mol. The molecule has 1 aromatic carbocycles. The van der Waals surface area contributed by atoms with Crippen molar-refractivity contribution < 1.29 is 0 Å². The number of hydrogen-bond acceptors (Lipinski definition) is 0. The molecule has 0 saturated heterocycles.